The quantitative estimate of drug-likeness (QED) is 0.948. The maximum Gasteiger partial charge on any atom is 0.160 e. The Bertz CT molecular complexity index is 541. The molecule has 0 fully saturated rings. The molecule has 2 heterocycles. The van der Waals surface area contributed by atoms with Crippen LogP contribution in [0, 0.1) is 5.41 Å². The Kier molecular flexibility index (Phi) is 3.73. The van der Waals surface area contributed by atoms with Gasteiger partial charge >= 0.3 is 0 Å². The molecule has 0 aliphatic heterocycles. The lowest BCUT2D eigenvalue weighted by molar-refractivity contribution is 0.336. The van der Waals surface area contributed by atoms with Crippen LogP contribution >= 0.6 is 15.9 Å². The molecule has 1 atom stereocenters. The summed E-state index contributed by atoms with van der Waals surface area (Å²) in [6.07, 6.45) is 3.69. The van der Waals surface area contributed by atoms with Gasteiger partial charge in [0.25, 0.3) is 0 Å². The number of halogens is 1. The van der Waals surface area contributed by atoms with E-state index >= 15 is 0 Å². The molecule has 2 aromatic rings. The molecule has 0 saturated carbocycles. The van der Waals surface area contributed by atoms with E-state index < -0.39 is 0 Å². The van der Waals surface area contributed by atoms with Crippen LogP contribution in [0.4, 0.5) is 0 Å². The number of nitrogens with zero attached hydrogens (tertiary/aromatic N) is 3. The Morgan fingerprint density at radius 3 is 2.72 bits per heavy atom. The topological polar surface area (TPSA) is 56.2 Å². The summed E-state index contributed by atoms with van der Waals surface area (Å²) in [5, 5.41) is 8.36. The van der Waals surface area contributed by atoms with E-state index in [9.17, 15) is 0 Å². The first-order valence-corrected chi connectivity index (χ1v) is 6.89. The van der Waals surface area contributed by atoms with Crippen molar-refractivity contribution >= 4 is 21.6 Å². The van der Waals surface area contributed by atoms with E-state index in [1.165, 1.54) is 0 Å². The molecule has 0 saturated heterocycles. The van der Waals surface area contributed by atoms with E-state index in [1.54, 1.807) is 0 Å². The van der Waals surface area contributed by atoms with Crippen LogP contribution in [-0.4, -0.2) is 20.6 Å². The molecule has 98 valence electrons. The Hall–Kier alpha value is -0.940. The van der Waals surface area contributed by atoms with Gasteiger partial charge in [-0.2, -0.15) is 0 Å². The zero-order valence-electron chi connectivity index (χ0n) is 11.0. The second-order valence-corrected chi connectivity index (χ2v) is 6.84. The highest BCUT2D eigenvalue weighted by Crippen LogP contribution is 2.21. The summed E-state index contributed by atoms with van der Waals surface area (Å²) < 4.78 is 3.01. The largest absolute Gasteiger partial charge is 0.327 e. The Balaban J connectivity index is 2.19. The maximum atomic E-state index is 6.19. The normalized spacial score (nSPS) is 14.1. The van der Waals surface area contributed by atoms with Crippen molar-refractivity contribution < 1.29 is 0 Å². The molecular formula is C13H19BrN4. The molecule has 2 N–H and O–H groups in total. The molecule has 18 heavy (non-hydrogen) atoms. The van der Waals surface area contributed by atoms with Gasteiger partial charge in [-0.25, -0.2) is 0 Å². The predicted octanol–water partition coefficient (Wildman–Crippen LogP) is 2.80. The minimum atomic E-state index is 0.108. The first kappa shape index (κ1) is 13.5. The van der Waals surface area contributed by atoms with Crippen molar-refractivity contribution in [1.82, 2.24) is 14.6 Å². The number of aromatic nitrogens is 3. The van der Waals surface area contributed by atoms with Crippen molar-refractivity contribution in [3.8, 4) is 0 Å². The van der Waals surface area contributed by atoms with E-state index in [2.05, 4.69) is 46.9 Å². The second kappa shape index (κ2) is 4.97. The van der Waals surface area contributed by atoms with Crippen LogP contribution in [0.1, 0.15) is 33.0 Å². The van der Waals surface area contributed by atoms with Crippen molar-refractivity contribution in [3.63, 3.8) is 0 Å². The SMILES string of the molecule is CC(C)(C)CC(N)Cc1nnc2ccc(Br)cn12. The average Bonchev–Trinajstić information content (AvgIpc) is 2.58. The van der Waals surface area contributed by atoms with Crippen LogP contribution < -0.4 is 5.73 Å². The highest BCUT2D eigenvalue weighted by molar-refractivity contribution is 9.10. The van der Waals surface area contributed by atoms with E-state index in [0.717, 1.165) is 28.8 Å². The van der Waals surface area contributed by atoms with Gasteiger partial charge in [0.05, 0.1) is 0 Å². The van der Waals surface area contributed by atoms with Gasteiger partial charge in [0.1, 0.15) is 5.82 Å². The van der Waals surface area contributed by atoms with Crippen LogP contribution in [0.5, 0.6) is 0 Å². The van der Waals surface area contributed by atoms with Crippen LogP contribution in [0.25, 0.3) is 5.65 Å². The summed E-state index contributed by atoms with van der Waals surface area (Å²) in [6, 6.07) is 4.01. The number of fused-ring (bicyclic) bond motifs is 1. The molecule has 0 bridgehead atoms. The third kappa shape index (κ3) is 3.29. The molecule has 0 aliphatic carbocycles. The van der Waals surface area contributed by atoms with Gasteiger partial charge in [-0.15, -0.1) is 10.2 Å². The van der Waals surface area contributed by atoms with Gasteiger partial charge in [0.2, 0.25) is 0 Å². The zero-order chi connectivity index (χ0) is 13.3. The monoisotopic (exact) mass is 310 g/mol. The number of hydrogen-bond donors (Lipinski definition) is 1. The third-order valence-corrected chi connectivity index (χ3v) is 3.23. The van der Waals surface area contributed by atoms with E-state index in [-0.39, 0.29) is 11.5 Å². The van der Waals surface area contributed by atoms with Crippen molar-refractivity contribution in [1.29, 1.82) is 0 Å². The van der Waals surface area contributed by atoms with E-state index in [4.69, 9.17) is 5.73 Å². The van der Waals surface area contributed by atoms with Gasteiger partial charge < -0.3 is 5.73 Å². The maximum absolute atomic E-state index is 6.19. The van der Waals surface area contributed by atoms with Crippen LogP contribution in [0.2, 0.25) is 0 Å². The summed E-state index contributed by atoms with van der Waals surface area (Å²) in [4.78, 5) is 0. The zero-order valence-corrected chi connectivity index (χ0v) is 12.6. The Morgan fingerprint density at radius 2 is 2.06 bits per heavy atom. The van der Waals surface area contributed by atoms with Gasteiger partial charge in [-0.3, -0.25) is 4.40 Å². The molecule has 0 amide bonds. The van der Waals surface area contributed by atoms with Gasteiger partial charge in [0.15, 0.2) is 5.65 Å². The second-order valence-electron chi connectivity index (χ2n) is 5.92. The summed E-state index contributed by atoms with van der Waals surface area (Å²) >= 11 is 3.46. The molecular weight excluding hydrogens is 292 g/mol. The fourth-order valence-electron chi connectivity index (χ4n) is 2.14. The molecule has 5 heteroatoms. The molecule has 0 aromatic carbocycles. The van der Waals surface area contributed by atoms with Crippen LogP contribution in [-0.2, 0) is 6.42 Å². The molecule has 0 aliphatic rings. The lowest BCUT2D eigenvalue weighted by Crippen LogP contribution is -2.29. The van der Waals surface area contributed by atoms with Gasteiger partial charge in [0, 0.05) is 23.1 Å². The van der Waals surface area contributed by atoms with E-state index in [1.807, 2.05) is 22.7 Å². The third-order valence-electron chi connectivity index (χ3n) is 2.76. The molecule has 0 spiro atoms. The molecule has 0 radical (unpaired) electrons. The minimum Gasteiger partial charge on any atom is -0.327 e. The van der Waals surface area contributed by atoms with E-state index in [0.29, 0.717) is 0 Å². The smallest absolute Gasteiger partial charge is 0.160 e. The van der Waals surface area contributed by atoms with Crippen molar-refractivity contribution in [3.05, 3.63) is 28.6 Å². The summed E-state index contributed by atoms with van der Waals surface area (Å²) in [5.74, 6) is 0.919. The standard InChI is InChI=1S/C13H19BrN4/c1-13(2,3)7-10(15)6-12-17-16-11-5-4-9(14)8-18(11)12/h4-5,8,10H,6-7,15H2,1-3H3. The first-order valence-electron chi connectivity index (χ1n) is 6.10. The minimum absolute atomic E-state index is 0.108. The molecule has 2 aromatic heterocycles. The van der Waals surface area contributed by atoms with Gasteiger partial charge in [-0.1, -0.05) is 20.8 Å². The molecule has 2 rings (SSSR count). The lowest BCUT2D eigenvalue weighted by Gasteiger charge is -2.22. The highest BCUT2D eigenvalue weighted by Gasteiger charge is 2.18. The average molecular weight is 311 g/mol. The summed E-state index contributed by atoms with van der Waals surface area (Å²) in [6.45, 7) is 6.60. The summed E-state index contributed by atoms with van der Waals surface area (Å²) in [7, 11) is 0. The van der Waals surface area contributed by atoms with Crippen LogP contribution in [0.15, 0.2) is 22.8 Å². The fraction of sp³-hybridized carbons (Fsp3) is 0.538. The van der Waals surface area contributed by atoms with Gasteiger partial charge in [-0.05, 0) is 39.9 Å². The molecule has 1 unspecified atom stereocenters. The Morgan fingerprint density at radius 1 is 1.33 bits per heavy atom. The number of nitrogens with two attached hydrogens (primary N) is 1. The number of rotatable bonds is 3. The molecule has 4 nitrogen and oxygen atoms in total. The summed E-state index contributed by atoms with van der Waals surface area (Å²) in [5.41, 5.74) is 7.28. The van der Waals surface area contributed by atoms with Crippen molar-refractivity contribution in [2.45, 2.75) is 39.7 Å². The Labute approximate surface area is 116 Å². The number of pyridine rings is 1. The van der Waals surface area contributed by atoms with Crippen molar-refractivity contribution in [2.75, 3.05) is 0 Å². The van der Waals surface area contributed by atoms with Crippen molar-refractivity contribution in [2.24, 2.45) is 11.1 Å². The fourth-order valence-corrected chi connectivity index (χ4v) is 2.48. The first-order chi connectivity index (χ1) is 8.35. The number of hydrogen-bond acceptors (Lipinski definition) is 3. The van der Waals surface area contributed by atoms with Crippen LogP contribution in [0.3, 0.4) is 0 Å². The lowest BCUT2D eigenvalue weighted by atomic mass is 9.87. The predicted molar refractivity (Wildman–Crippen MR) is 76.4 cm³/mol. The highest BCUT2D eigenvalue weighted by atomic mass is 79.9.